The van der Waals surface area contributed by atoms with E-state index in [0.717, 1.165) is 58.3 Å². The van der Waals surface area contributed by atoms with Crippen LogP contribution in [0.5, 0.6) is 0 Å². The lowest BCUT2D eigenvalue weighted by molar-refractivity contribution is -0.137. The van der Waals surface area contributed by atoms with E-state index in [-0.39, 0.29) is 11.8 Å². The fraction of sp³-hybridized carbons (Fsp3) is 0.882. The SMILES string of the molecule is CCCCC(=O)N1CCCN(C(=O)C2CCCCC2)CC1. The molecule has 1 aliphatic carbocycles. The molecule has 0 atom stereocenters. The molecule has 4 nitrogen and oxygen atoms in total. The zero-order chi connectivity index (χ0) is 15.1. The highest BCUT2D eigenvalue weighted by Crippen LogP contribution is 2.25. The molecule has 2 rings (SSSR count). The Hall–Kier alpha value is -1.06. The van der Waals surface area contributed by atoms with Crippen molar-refractivity contribution in [3.8, 4) is 0 Å². The van der Waals surface area contributed by atoms with E-state index in [1.54, 1.807) is 0 Å². The number of nitrogens with zero attached hydrogens (tertiary/aromatic N) is 2. The van der Waals surface area contributed by atoms with Gasteiger partial charge in [-0.3, -0.25) is 9.59 Å². The van der Waals surface area contributed by atoms with E-state index in [0.29, 0.717) is 12.3 Å². The van der Waals surface area contributed by atoms with E-state index >= 15 is 0 Å². The highest BCUT2D eigenvalue weighted by Gasteiger charge is 2.28. The van der Waals surface area contributed by atoms with E-state index < -0.39 is 0 Å². The molecule has 1 aliphatic heterocycles. The Bertz CT molecular complexity index is 351. The summed E-state index contributed by atoms with van der Waals surface area (Å²) in [6, 6.07) is 0. The maximum atomic E-state index is 12.6. The van der Waals surface area contributed by atoms with E-state index in [1.165, 1.54) is 19.3 Å². The van der Waals surface area contributed by atoms with Gasteiger partial charge in [0.1, 0.15) is 0 Å². The van der Waals surface area contributed by atoms with Gasteiger partial charge >= 0.3 is 0 Å². The summed E-state index contributed by atoms with van der Waals surface area (Å²) in [5.74, 6) is 0.863. The van der Waals surface area contributed by atoms with E-state index in [1.807, 2.05) is 9.80 Å². The third-order valence-electron chi connectivity index (χ3n) is 4.86. The second-order valence-corrected chi connectivity index (χ2v) is 6.50. The second-order valence-electron chi connectivity index (χ2n) is 6.50. The molecule has 1 heterocycles. The number of hydrogen-bond acceptors (Lipinski definition) is 2. The van der Waals surface area contributed by atoms with Gasteiger partial charge in [-0.15, -0.1) is 0 Å². The minimum atomic E-state index is 0.251. The number of unbranched alkanes of at least 4 members (excludes halogenated alkanes) is 1. The summed E-state index contributed by atoms with van der Waals surface area (Å²) in [5.41, 5.74) is 0. The summed E-state index contributed by atoms with van der Waals surface area (Å²) >= 11 is 0. The molecule has 120 valence electrons. The van der Waals surface area contributed by atoms with Gasteiger partial charge in [0.25, 0.3) is 0 Å². The fourth-order valence-electron chi connectivity index (χ4n) is 3.48. The Morgan fingerprint density at radius 1 is 0.905 bits per heavy atom. The van der Waals surface area contributed by atoms with Crippen LogP contribution < -0.4 is 0 Å². The number of rotatable bonds is 4. The van der Waals surface area contributed by atoms with Crippen LogP contribution in [0.2, 0.25) is 0 Å². The molecule has 0 unspecified atom stereocenters. The Labute approximate surface area is 128 Å². The van der Waals surface area contributed by atoms with Gasteiger partial charge in [-0.1, -0.05) is 32.6 Å². The van der Waals surface area contributed by atoms with Crippen LogP contribution in [0.4, 0.5) is 0 Å². The van der Waals surface area contributed by atoms with Gasteiger partial charge in [-0.2, -0.15) is 0 Å². The monoisotopic (exact) mass is 294 g/mol. The number of carbonyl (C=O) groups excluding carboxylic acids is 2. The number of amides is 2. The summed E-state index contributed by atoms with van der Waals surface area (Å²) < 4.78 is 0. The predicted molar refractivity (Wildman–Crippen MR) is 83.9 cm³/mol. The van der Waals surface area contributed by atoms with Crippen molar-refractivity contribution in [3.63, 3.8) is 0 Å². The van der Waals surface area contributed by atoms with Crippen LogP contribution in [0, 0.1) is 5.92 Å². The molecule has 1 saturated carbocycles. The molecule has 0 radical (unpaired) electrons. The van der Waals surface area contributed by atoms with E-state index in [4.69, 9.17) is 0 Å². The molecule has 0 aromatic heterocycles. The molecule has 2 aliphatic rings. The standard InChI is InChI=1S/C17H30N2O2/c1-2-3-10-16(20)18-11-7-12-19(14-13-18)17(21)15-8-5-4-6-9-15/h15H,2-14H2,1H3. The quantitative estimate of drug-likeness (QED) is 0.800. The number of hydrogen-bond donors (Lipinski definition) is 0. The van der Waals surface area contributed by atoms with E-state index in [9.17, 15) is 9.59 Å². The Morgan fingerprint density at radius 2 is 1.57 bits per heavy atom. The Balaban J connectivity index is 1.82. The van der Waals surface area contributed by atoms with Crippen molar-refractivity contribution in [1.29, 1.82) is 0 Å². The summed E-state index contributed by atoms with van der Waals surface area (Å²) in [4.78, 5) is 28.7. The molecule has 2 fully saturated rings. The second kappa shape index (κ2) is 8.40. The third-order valence-corrected chi connectivity index (χ3v) is 4.86. The van der Waals surface area contributed by atoms with Crippen molar-refractivity contribution in [2.24, 2.45) is 5.92 Å². The van der Waals surface area contributed by atoms with Gasteiger partial charge in [0.05, 0.1) is 0 Å². The lowest BCUT2D eigenvalue weighted by atomic mass is 9.88. The van der Waals surface area contributed by atoms with Crippen LogP contribution in [0.25, 0.3) is 0 Å². The minimum absolute atomic E-state index is 0.251. The first kappa shape index (κ1) is 16.3. The molecular formula is C17H30N2O2. The predicted octanol–water partition coefficient (Wildman–Crippen LogP) is 2.82. The smallest absolute Gasteiger partial charge is 0.225 e. The molecule has 0 N–H and O–H groups in total. The van der Waals surface area contributed by atoms with E-state index in [2.05, 4.69) is 6.92 Å². The topological polar surface area (TPSA) is 40.6 Å². The highest BCUT2D eigenvalue weighted by molar-refractivity contribution is 5.79. The van der Waals surface area contributed by atoms with Crippen LogP contribution in [-0.4, -0.2) is 47.8 Å². The van der Waals surface area contributed by atoms with Crippen LogP contribution >= 0.6 is 0 Å². The zero-order valence-corrected chi connectivity index (χ0v) is 13.5. The maximum Gasteiger partial charge on any atom is 0.225 e. The minimum Gasteiger partial charge on any atom is -0.341 e. The average Bonchev–Trinajstić information content (AvgIpc) is 2.79. The Morgan fingerprint density at radius 3 is 2.29 bits per heavy atom. The summed E-state index contributed by atoms with van der Waals surface area (Å²) in [7, 11) is 0. The molecule has 0 bridgehead atoms. The highest BCUT2D eigenvalue weighted by atomic mass is 16.2. The van der Waals surface area contributed by atoms with Gasteiger partial charge in [-0.25, -0.2) is 0 Å². The molecule has 2 amide bonds. The first-order chi connectivity index (χ1) is 10.2. The fourth-order valence-corrected chi connectivity index (χ4v) is 3.48. The summed E-state index contributed by atoms with van der Waals surface area (Å²) in [6.07, 6.45) is 9.43. The molecule has 1 saturated heterocycles. The first-order valence-corrected chi connectivity index (χ1v) is 8.79. The molecule has 0 spiro atoms. The van der Waals surface area contributed by atoms with Crippen molar-refractivity contribution in [3.05, 3.63) is 0 Å². The molecule has 0 aromatic rings. The van der Waals surface area contributed by atoms with Crippen LogP contribution in [-0.2, 0) is 9.59 Å². The van der Waals surface area contributed by atoms with Gasteiger partial charge in [0.15, 0.2) is 0 Å². The molecule has 0 aromatic carbocycles. The molecular weight excluding hydrogens is 264 g/mol. The van der Waals surface area contributed by atoms with Crippen LogP contribution in [0.15, 0.2) is 0 Å². The summed E-state index contributed by atoms with van der Waals surface area (Å²) in [6.45, 7) is 5.21. The van der Waals surface area contributed by atoms with Gasteiger partial charge in [0, 0.05) is 38.5 Å². The maximum absolute atomic E-state index is 12.6. The third kappa shape index (κ3) is 4.72. The van der Waals surface area contributed by atoms with Crippen molar-refractivity contribution in [1.82, 2.24) is 9.80 Å². The normalized spacial score (nSPS) is 21.2. The zero-order valence-electron chi connectivity index (χ0n) is 13.5. The molecule has 4 heteroatoms. The van der Waals surface area contributed by atoms with Gasteiger partial charge in [-0.05, 0) is 25.7 Å². The Kier molecular flexibility index (Phi) is 6.52. The van der Waals surface area contributed by atoms with Crippen molar-refractivity contribution in [2.45, 2.75) is 64.7 Å². The van der Waals surface area contributed by atoms with Crippen LogP contribution in [0.1, 0.15) is 64.7 Å². The van der Waals surface area contributed by atoms with Crippen LogP contribution in [0.3, 0.4) is 0 Å². The van der Waals surface area contributed by atoms with Crippen molar-refractivity contribution >= 4 is 11.8 Å². The van der Waals surface area contributed by atoms with Crippen molar-refractivity contribution in [2.75, 3.05) is 26.2 Å². The first-order valence-electron chi connectivity index (χ1n) is 8.79. The number of carbonyl (C=O) groups is 2. The van der Waals surface area contributed by atoms with Gasteiger partial charge in [0.2, 0.25) is 11.8 Å². The summed E-state index contributed by atoms with van der Waals surface area (Å²) in [5, 5.41) is 0. The van der Waals surface area contributed by atoms with Gasteiger partial charge < -0.3 is 9.80 Å². The average molecular weight is 294 g/mol. The lowest BCUT2D eigenvalue weighted by Crippen LogP contribution is -2.40. The lowest BCUT2D eigenvalue weighted by Gasteiger charge is -2.28. The molecule has 21 heavy (non-hydrogen) atoms. The largest absolute Gasteiger partial charge is 0.341 e. The van der Waals surface area contributed by atoms with Crippen molar-refractivity contribution < 1.29 is 9.59 Å².